The second-order valence-electron chi connectivity index (χ2n) is 3.88. The fraction of sp³-hybridized carbons (Fsp3) is 0.500. The maximum Gasteiger partial charge on any atom is 0.340 e. The highest BCUT2D eigenvalue weighted by molar-refractivity contribution is 7.10. The van der Waals surface area contributed by atoms with Gasteiger partial charge in [-0.05, 0) is 25.4 Å². The summed E-state index contributed by atoms with van der Waals surface area (Å²) in [5, 5.41) is 12.3. The zero-order valence-corrected chi connectivity index (χ0v) is 11.0. The Kier molecular flexibility index (Phi) is 4.06. The number of hydrogen-bond donors (Lipinski definition) is 2. The lowest BCUT2D eigenvalue weighted by Gasteiger charge is -2.18. The van der Waals surface area contributed by atoms with Crippen LogP contribution in [-0.2, 0) is 4.79 Å². The number of amides is 1. The number of carbonyl (C=O) groups is 2. The molecular weight excluding hydrogens is 242 g/mol. The minimum atomic E-state index is -1.04. The van der Waals surface area contributed by atoms with Crippen LogP contribution in [0.15, 0.2) is 0 Å². The fourth-order valence-corrected chi connectivity index (χ4v) is 2.24. The van der Waals surface area contributed by atoms with Gasteiger partial charge in [0.2, 0.25) is 5.91 Å². The predicted octanol–water partition coefficient (Wildman–Crippen LogP) is 1.04. The van der Waals surface area contributed by atoms with Gasteiger partial charge in [-0.3, -0.25) is 4.79 Å². The standard InChI is InChI=1S/C10H15N3O3S/c1-5-7(10(15)16)8(17-12-5)11-6(2)9(14)13(3)4/h6,11H,1-4H3,(H,15,16). The summed E-state index contributed by atoms with van der Waals surface area (Å²) < 4.78 is 3.97. The maximum atomic E-state index is 11.6. The van der Waals surface area contributed by atoms with Gasteiger partial charge < -0.3 is 15.3 Å². The first-order valence-electron chi connectivity index (χ1n) is 5.01. The summed E-state index contributed by atoms with van der Waals surface area (Å²) in [5.41, 5.74) is 0.586. The van der Waals surface area contributed by atoms with Gasteiger partial charge in [0.15, 0.2) is 0 Å². The molecule has 2 N–H and O–H groups in total. The van der Waals surface area contributed by atoms with Crippen LogP contribution >= 0.6 is 11.5 Å². The lowest BCUT2D eigenvalue weighted by molar-refractivity contribution is -0.129. The minimum absolute atomic E-state index is 0.118. The average Bonchev–Trinajstić information content (AvgIpc) is 2.58. The number of anilines is 1. The zero-order valence-electron chi connectivity index (χ0n) is 10.1. The highest BCUT2D eigenvalue weighted by Gasteiger charge is 2.21. The van der Waals surface area contributed by atoms with Crippen LogP contribution in [0.5, 0.6) is 0 Å². The molecule has 0 bridgehead atoms. The molecule has 1 rings (SSSR count). The summed E-state index contributed by atoms with van der Waals surface area (Å²) in [6.45, 7) is 3.31. The second kappa shape index (κ2) is 5.13. The molecule has 7 heteroatoms. The van der Waals surface area contributed by atoms with Crippen molar-refractivity contribution >= 4 is 28.4 Å². The van der Waals surface area contributed by atoms with Gasteiger partial charge in [-0.25, -0.2) is 4.79 Å². The van der Waals surface area contributed by atoms with E-state index in [1.54, 1.807) is 27.9 Å². The van der Waals surface area contributed by atoms with E-state index in [-0.39, 0.29) is 11.5 Å². The molecule has 0 aliphatic heterocycles. The normalized spacial score (nSPS) is 12.0. The molecule has 1 aromatic rings. The summed E-state index contributed by atoms with van der Waals surface area (Å²) in [6.07, 6.45) is 0. The molecular formula is C10H15N3O3S. The van der Waals surface area contributed by atoms with Crippen molar-refractivity contribution in [2.75, 3.05) is 19.4 Å². The number of rotatable bonds is 4. The van der Waals surface area contributed by atoms with Gasteiger partial charge >= 0.3 is 5.97 Å². The zero-order chi connectivity index (χ0) is 13.2. The number of hydrogen-bond acceptors (Lipinski definition) is 5. The summed E-state index contributed by atoms with van der Waals surface area (Å²) in [5.74, 6) is -1.16. The molecule has 0 saturated heterocycles. The van der Waals surface area contributed by atoms with Gasteiger partial charge in [0.25, 0.3) is 0 Å². The van der Waals surface area contributed by atoms with E-state index in [0.717, 1.165) is 11.5 Å². The Morgan fingerprint density at radius 3 is 2.53 bits per heavy atom. The third-order valence-corrected chi connectivity index (χ3v) is 3.11. The SMILES string of the molecule is Cc1nsc(NC(C)C(=O)N(C)C)c1C(=O)O. The average molecular weight is 257 g/mol. The minimum Gasteiger partial charge on any atom is -0.478 e. The van der Waals surface area contributed by atoms with Crippen LogP contribution in [0, 0.1) is 6.92 Å². The van der Waals surface area contributed by atoms with Crippen molar-refractivity contribution in [2.24, 2.45) is 0 Å². The van der Waals surface area contributed by atoms with E-state index in [0.29, 0.717) is 10.7 Å². The quantitative estimate of drug-likeness (QED) is 0.842. The van der Waals surface area contributed by atoms with Gasteiger partial charge in [-0.15, -0.1) is 0 Å². The van der Waals surface area contributed by atoms with Crippen LogP contribution in [0.4, 0.5) is 5.00 Å². The monoisotopic (exact) mass is 257 g/mol. The Morgan fingerprint density at radius 1 is 1.47 bits per heavy atom. The first-order chi connectivity index (χ1) is 7.84. The number of aromatic nitrogens is 1. The van der Waals surface area contributed by atoms with E-state index in [1.807, 2.05) is 0 Å². The molecule has 1 heterocycles. The second-order valence-corrected chi connectivity index (χ2v) is 4.65. The van der Waals surface area contributed by atoms with Crippen molar-refractivity contribution in [1.29, 1.82) is 0 Å². The molecule has 0 aliphatic carbocycles. The van der Waals surface area contributed by atoms with Crippen molar-refractivity contribution in [3.8, 4) is 0 Å². The van der Waals surface area contributed by atoms with E-state index in [9.17, 15) is 9.59 Å². The van der Waals surface area contributed by atoms with E-state index < -0.39 is 12.0 Å². The van der Waals surface area contributed by atoms with E-state index in [1.165, 1.54) is 4.90 Å². The first kappa shape index (κ1) is 13.4. The largest absolute Gasteiger partial charge is 0.478 e. The number of nitrogens with zero attached hydrogens (tertiary/aromatic N) is 2. The lowest BCUT2D eigenvalue weighted by Crippen LogP contribution is -2.36. The molecule has 1 unspecified atom stereocenters. The Morgan fingerprint density at radius 2 is 2.06 bits per heavy atom. The van der Waals surface area contributed by atoms with Gasteiger partial charge in [0, 0.05) is 14.1 Å². The predicted molar refractivity (Wildman–Crippen MR) is 65.6 cm³/mol. The highest BCUT2D eigenvalue weighted by Crippen LogP contribution is 2.25. The Labute approximate surface area is 103 Å². The number of nitrogens with one attached hydrogen (secondary N) is 1. The number of carboxylic acid groups (broad SMARTS) is 1. The van der Waals surface area contributed by atoms with Crippen LogP contribution in [0.1, 0.15) is 23.0 Å². The molecule has 94 valence electrons. The molecule has 0 fully saturated rings. The van der Waals surface area contributed by atoms with Gasteiger partial charge in [-0.2, -0.15) is 4.37 Å². The van der Waals surface area contributed by atoms with Crippen molar-refractivity contribution < 1.29 is 14.7 Å². The fourth-order valence-electron chi connectivity index (χ4n) is 1.37. The number of carboxylic acids is 1. The van der Waals surface area contributed by atoms with Crippen LogP contribution < -0.4 is 5.32 Å². The molecule has 1 amide bonds. The summed E-state index contributed by atoms with van der Waals surface area (Å²) >= 11 is 1.05. The van der Waals surface area contributed by atoms with Crippen LogP contribution in [0.25, 0.3) is 0 Å². The smallest absolute Gasteiger partial charge is 0.340 e. The Balaban J connectivity index is 2.89. The van der Waals surface area contributed by atoms with E-state index in [2.05, 4.69) is 9.69 Å². The number of aryl methyl sites for hydroxylation is 1. The molecule has 1 atom stereocenters. The third kappa shape index (κ3) is 2.94. The molecule has 0 saturated carbocycles. The van der Waals surface area contributed by atoms with E-state index in [4.69, 9.17) is 5.11 Å². The van der Waals surface area contributed by atoms with E-state index >= 15 is 0 Å². The Hall–Kier alpha value is -1.63. The van der Waals surface area contributed by atoms with Gasteiger partial charge in [-0.1, -0.05) is 0 Å². The van der Waals surface area contributed by atoms with Crippen molar-refractivity contribution in [2.45, 2.75) is 19.9 Å². The van der Waals surface area contributed by atoms with Gasteiger partial charge in [0.05, 0.1) is 5.69 Å². The van der Waals surface area contributed by atoms with Crippen molar-refractivity contribution in [3.63, 3.8) is 0 Å². The Bertz CT molecular complexity index is 442. The number of likely N-dealkylation sites (N-methyl/N-ethyl adjacent to an activating group) is 1. The molecule has 17 heavy (non-hydrogen) atoms. The van der Waals surface area contributed by atoms with Crippen LogP contribution in [0.2, 0.25) is 0 Å². The molecule has 0 spiro atoms. The van der Waals surface area contributed by atoms with Crippen LogP contribution in [-0.4, -0.2) is 46.4 Å². The topological polar surface area (TPSA) is 82.5 Å². The molecule has 0 radical (unpaired) electrons. The maximum absolute atomic E-state index is 11.6. The number of carbonyl (C=O) groups excluding carboxylic acids is 1. The number of aromatic carboxylic acids is 1. The summed E-state index contributed by atoms with van der Waals surface area (Å²) in [6, 6.07) is -0.483. The summed E-state index contributed by atoms with van der Waals surface area (Å²) in [7, 11) is 3.30. The molecule has 6 nitrogen and oxygen atoms in total. The molecule has 0 aromatic carbocycles. The van der Waals surface area contributed by atoms with Crippen molar-refractivity contribution in [3.05, 3.63) is 11.3 Å². The lowest BCUT2D eigenvalue weighted by atomic mass is 10.2. The van der Waals surface area contributed by atoms with Crippen molar-refractivity contribution in [1.82, 2.24) is 9.27 Å². The molecule has 0 aliphatic rings. The van der Waals surface area contributed by atoms with Crippen LogP contribution in [0.3, 0.4) is 0 Å². The third-order valence-electron chi connectivity index (χ3n) is 2.24. The van der Waals surface area contributed by atoms with Gasteiger partial charge in [0.1, 0.15) is 16.6 Å². The summed E-state index contributed by atoms with van der Waals surface area (Å²) in [4.78, 5) is 24.1. The highest BCUT2D eigenvalue weighted by atomic mass is 32.1. The molecule has 1 aromatic heterocycles. The first-order valence-corrected chi connectivity index (χ1v) is 5.79.